The Labute approximate surface area is 120 Å². The van der Waals surface area contributed by atoms with E-state index in [2.05, 4.69) is 5.32 Å². The Kier molecular flexibility index (Phi) is 5.38. The first-order chi connectivity index (χ1) is 9.25. The van der Waals surface area contributed by atoms with Crippen molar-refractivity contribution in [3.05, 3.63) is 29.8 Å². The molecule has 0 fully saturated rings. The fourth-order valence-electron chi connectivity index (χ4n) is 1.47. The predicted octanol–water partition coefficient (Wildman–Crippen LogP) is 1.24. The van der Waals surface area contributed by atoms with Gasteiger partial charge in [0.25, 0.3) is 0 Å². The first kappa shape index (κ1) is 16.3. The van der Waals surface area contributed by atoms with Crippen LogP contribution in [0.15, 0.2) is 24.3 Å². The van der Waals surface area contributed by atoms with Gasteiger partial charge in [0.15, 0.2) is 0 Å². The second-order valence-corrected chi connectivity index (χ2v) is 6.58. The van der Waals surface area contributed by atoms with Crippen LogP contribution in [0.2, 0.25) is 0 Å². The van der Waals surface area contributed by atoms with Crippen molar-refractivity contribution in [3.8, 4) is 0 Å². The van der Waals surface area contributed by atoms with Crippen molar-refractivity contribution in [2.45, 2.75) is 13.5 Å². The van der Waals surface area contributed by atoms with Crippen LogP contribution < -0.4 is 9.62 Å². The van der Waals surface area contributed by atoms with Crippen LogP contribution in [-0.4, -0.2) is 46.2 Å². The van der Waals surface area contributed by atoms with E-state index in [1.54, 1.807) is 36.2 Å². The summed E-state index contributed by atoms with van der Waals surface area (Å²) in [6.45, 7) is 2.95. The first-order valence-electron chi connectivity index (χ1n) is 6.27. The van der Waals surface area contributed by atoms with E-state index >= 15 is 0 Å². The Morgan fingerprint density at radius 2 is 1.75 bits per heavy atom. The number of nitrogens with zero attached hydrogens (tertiary/aromatic N) is 2. The number of rotatable bonds is 5. The van der Waals surface area contributed by atoms with Crippen LogP contribution in [0.25, 0.3) is 0 Å². The quantitative estimate of drug-likeness (QED) is 0.889. The fraction of sp³-hybridized carbons (Fsp3) is 0.462. The smallest absolute Gasteiger partial charge is 0.317 e. The molecule has 0 aromatic heterocycles. The maximum atomic E-state index is 11.6. The minimum Gasteiger partial charge on any atom is -0.334 e. The number of amides is 2. The van der Waals surface area contributed by atoms with E-state index in [1.165, 1.54) is 11.4 Å². The maximum Gasteiger partial charge on any atom is 0.317 e. The van der Waals surface area contributed by atoms with E-state index in [9.17, 15) is 13.2 Å². The molecule has 0 radical (unpaired) electrons. The minimum atomic E-state index is -3.25. The average molecular weight is 299 g/mol. The van der Waals surface area contributed by atoms with Gasteiger partial charge in [-0.25, -0.2) is 13.2 Å². The molecule has 0 saturated heterocycles. The second-order valence-electron chi connectivity index (χ2n) is 4.57. The minimum absolute atomic E-state index is 0.134. The third kappa shape index (κ3) is 4.41. The molecule has 0 unspecified atom stereocenters. The number of carbonyl (C=O) groups is 1. The van der Waals surface area contributed by atoms with Crippen LogP contribution in [0.4, 0.5) is 10.5 Å². The number of benzene rings is 1. The summed E-state index contributed by atoms with van der Waals surface area (Å²) in [7, 11) is -0.0281. The third-order valence-corrected chi connectivity index (χ3v) is 4.27. The van der Waals surface area contributed by atoms with Gasteiger partial charge in [0.1, 0.15) is 0 Å². The van der Waals surface area contributed by atoms with E-state index in [4.69, 9.17) is 0 Å². The number of urea groups is 1. The lowest BCUT2D eigenvalue weighted by Gasteiger charge is -2.17. The number of hydrogen-bond donors (Lipinski definition) is 1. The topological polar surface area (TPSA) is 69.7 Å². The molecule has 0 heterocycles. The normalized spacial score (nSPS) is 11.0. The first-order valence-corrected chi connectivity index (χ1v) is 8.12. The summed E-state index contributed by atoms with van der Waals surface area (Å²) in [5.74, 6) is 0. The van der Waals surface area contributed by atoms with Gasteiger partial charge >= 0.3 is 6.03 Å². The van der Waals surface area contributed by atoms with E-state index in [0.717, 1.165) is 11.8 Å². The molecule has 1 N–H and O–H groups in total. The molecule has 6 nitrogen and oxygen atoms in total. The van der Waals surface area contributed by atoms with Gasteiger partial charge in [-0.1, -0.05) is 12.1 Å². The molecule has 7 heteroatoms. The van der Waals surface area contributed by atoms with Crippen LogP contribution in [0.5, 0.6) is 0 Å². The Hall–Kier alpha value is -1.76. The highest BCUT2D eigenvalue weighted by Gasteiger charge is 2.11. The molecule has 20 heavy (non-hydrogen) atoms. The number of hydrogen-bond acceptors (Lipinski definition) is 3. The molecule has 0 aliphatic heterocycles. The highest BCUT2D eigenvalue weighted by atomic mass is 32.2. The van der Waals surface area contributed by atoms with E-state index in [-0.39, 0.29) is 6.03 Å². The maximum absolute atomic E-state index is 11.6. The summed E-state index contributed by atoms with van der Waals surface area (Å²) < 4.78 is 24.0. The molecule has 0 aliphatic carbocycles. The molecule has 1 aromatic rings. The molecule has 1 rings (SSSR count). The van der Waals surface area contributed by atoms with Gasteiger partial charge in [-0.2, -0.15) is 0 Å². The summed E-state index contributed by atoms with van der Waals surface area (Å²) in [6.07, 6.45) is 1.15. The van der Waals surface area contributed by atoms with Crippen molar-refractivity contribution < 1.29 is 13.2 Å². The summed E-state index contributed by atoms with van der Waals surface area (Å²) in [5, 5.41) is 2.78. The molecule has 0 saturated carbocycles. The van der Waals surface area contributed by atoms with Crippen LogP contribution in [-0.2, 0) is 16.6 Å². The molecule has 2 amide bonds. The third-order valence-electron chi connectivity index (χ3n) is 3.06. The highest BCUT2D eigenvalue weighted by Crippen LogP contribution is 2.16. The zero-order chi connectivity index (χ0) is 15.3. The Bertz CT molecular complexity index is 555. The van der Waals surface area contributed by atoms with Crippen molar-refractivity contribution in [1.29, 1.82) is 0 Å². The van der Waals surface area contributed by atoms with Crippen molar-refractivity contribution in [3.63, 3.8) is 0 Å². The van der Waals surface area contributed by atoms with Crippen molar-refractivity contribution in [1.82, 2.24) is 10.2 Å². The molecular formula is C13H21N3O3S. The van der Waals surface area contributed by atoms with Crippen LogP contribution in [0.1, 0.15) is 12.5 Å². The zero-order valence-corrected chi connectivity index (χ0v) is 13.1. The molecule has 0 spiro atoms. The van der Waals surface area contributed by atoms with Gasteiger partial charge in [-0.15, -0.1) is 0 Å². The second kappa shape index (κ2) is 6.60. The molecule has 1 aromatic carbocycles. The lowest BCUT2D eigenvalue weighted by atomic mass is 10.2. The van der Waals surface area contributed by atoms with Crippen molar-refractivity contribution in [2.24, 2.45) is 0 Å². The standard InChI is InChI=1S/C13H21N3O3S/c1-5-15(2)13(17)14-10-11-6-8-12(9-7-11)16(3)20(4,18)19/h6-9H,5,10H2,1-4H3,(H,14,17). The predicted molar refractivity (Wildman–Crippen MR) is 80.2 cm³/mol. The Morgan fingerprint density at radius 1 is 1.20 bits per heavy atom. The Morgan fingerprint density at radius 3 is 2.20 bits per heavy atom. The average Bonchev–Trinajstić information content (AvgIpc) is 2.42. The molecule has 0 bridgehead atoms. The molecule has 0 aliphatic rings. The van der Waals surface area contributed by atoms with E-state index in [1.807, 2.05) is 6.92 Å². The summed E-state index contributed by atoms with van der Waals surface area (Å²) in [4.78, 5) is 13.2. The molecule has 0 atom stereocenters. The van der Waals surface area contributed by atoms with Gasteiger partial charge in [0, 0.05) is 27.2 Å². The summed E-state index contributed by atoms with van der Waals surface area (Å²) in [6, 6.07) is 6.88. The molecular weight excluding hydrogens is 278 g/mol. The van der Waals surface area contributed by atoms with Gasteiger partial charge in [-0.3, -0.25) is 4.31 Å². The number of nitrogens with one attached hydrogen (secondary N) is 1. The molecule has 112 valence electrons. The van der Waals surface area contributed by atoms with Crippen LogP contribution in [0.3, 0.4) is 0 Å². The van der Waals surface area contributed by atoms with Gasteiger partial charge < -0.3 is 10.2 Å². The highest BCUT2D eigenvalue weighted by molar-refractivity contribution is 7.92. The zero-order valence-electron chi connectivity index (χ0n) is 12.3. The van der Waals surface area contributed by atoms with Crippen LogP contribution >= 0.6 is 0 Å². The Balaban J connectivity index is 2.66. The summed E-state index contributed by atoms with van der Waals surface area (Å²) >= 11 is 0. The largest absolute Gasteiger partial charge is 0.334 e. The van der Waals surface area contributed by atoms with Gasteiger partial charge in [-0.05, 0) is 24.6 Å². The van der Waals surface area contributed by atoms with Gasteiger partial charge in [0.05, 0.1) is 11.9 Å². The lowest BCUT2D eigenvalue weighted by molar-refractivity contribution is 0.210. The van der Waals surface area contributed by atoms with E-state index < -0.39 is 10.0 Å². The lowest BCUT2D eigenvalue weighted by Crippen LogP contribution is -2.36. The van der Waals surface area contributed by atoms with Gasteiger partial charge in [0.2, 0.25) is 10.0 Å². The van der Waals surface area contributed by atoms with Crippen molar-refractivity contribution >= 4 is 21.7 Å². The number of sulfonamides is 1. The number of anilines is 1. The van der Waals surface area contributed by atoms with Crippen LogP contribution in [0, 0.1) is 0 Å². The van der Waals surface area contributed by atoms with E-state index in [0.29, 0.717) is 18.8 Å². The monoisotopic (exact) mass is 299 g/mol. The number of carbonyl (C=O) groups excluding carboxylic acids is 1. The summed E-state index contributed by atoms with van der Waals surface area (Å²) in [5.41, 5.74) is 1.50. The SMILES string of the molecule is CCN(C)C(=O)NCc1ccc(N(C)S(C)(=O)=O)cc1. The fourth-order valence-corrected chi connectivity index (χ4v) is 1.98. The van der Waals surface area contributed by atoms with Crippen molar-refractivity contribution in [2.75, 3.05) is 31.2 Å².